The minimum atomic E-state index is -1.08. The second-order valence-electron chi connectivity index (χ2n) is 8.73. The first kappa shape index (κ1) is 20.1. The van der Waals surface area contributed by atoms with Crippen LogP contribution in [0.25, 0.3) is 0 Å². The Kier molecular flexibility index (Phi) is 5.01. The fourth-order valence-corrected chi connectivity index (χ4v) is 4.78. The Hall–Kier alpha value is -2.21. The van der Waals surface area contributed by atoms with E-state index in [-0.39, 0.29) is 18.4 Å². The van der Waals surface area contributed by atoms with Crippen LogP contribution in [0, 0.1) is 5.92 Å². The molecule has 3 atom stereocenters. The number of hydrogen-bond donors (Lipinski definition) is 1. The van der Waals surface area contributed by atoms with Crippen molar-refractivity contribution in [3.05, 3.63) is 65.7 Å². The third-order valence-electron chi connectivity index (χ3n) is 6.18. The molecule has 29 heavy (non-hydrogen) atoms. The molecule has 1 saturated heterocycles. The van der Waals surface area contributed by atoms with Crippen LogP contribution in [0.4, 0.5) is 5.69 Å². The van der Waals surface area contributed by atoms with E-state index in [1.165, 1.54) is 0 Å². The summed E-state index contributed by atoms with van der Waals surface area (Å²) in [5.74, 6) is -0.980. The number of carbonyl (C=O) groups is 1. The predicted molar refractivity (Wildman–Crippen MR) is 112 cm³/mol. The number of rotatable bonds is 5. The minimum Gasteiger partial charge on any atom is -0.389 e. The zero-order chi connectivity index (χ0) is 20.8. The molecule has 0 aromatic heterocycles. The molecule has 0 saturated carbocycles. The number of anilines is 1. The first-order chi connectivity index (χ1) is 13.8. The predicted octanol–water partition coefficient (Wildman–Crippen LogP) is 3.64. The summed E-state index contributed by atoms with van der Waals surface area (Å²) in [6, 6.07) is 17.7. The van der Waals surface area contributed by atoms with Gasteiger partial charge in [0, 0.05) is 5.69 Å². The molecule has 0 bridgehead atoms. The summed E-state index contributed by atoms with van der Waals surface area (Å²) >= 11 is 0. The maximum atomic E-state index is 14.0. The Morgan fingerprint density at radius 3 is 2.38 bits per heavy atom. The van der Waals surface area contributed by atoms with E-state index >= 15 is 0 Å². The van der Waals surface area contributed by atoms with Crippen molar-refractivity contribution in [1.82, 2.24) is 0 Å². The molecule has 0 spiro atoms. The van der Waals surface area contributed by atoms with Gasteiger partial charge < -0.3 is 19.5 Å². The van der Waals surface area contributed by atoms with Gasteiger partial charge >= 0.3 is 0 Å². The Morgan fingerprint density at radius 1 is 1.10 bits per heavy atom. The highest BCUT2D eigenvalue weighted by molar-refractivity contribution is 6.08. The zero-order valence-corrected chi connectivity index (χ0v) is 17.5. The van der Waals surface area contributed by atoms with Crippen molar-refractivity contribution in [3.8, 4) is 0 Å². The van der Waals surface area contributed by atoms with Gasteiger partial charge in [-0.05, 0) is 37.0 Å². The number of ether oxygens (including phenoxy) is 2. The molecule has 2 aromatic carbocycles. The Morgan fingerprint density at radius 2 is 1.76 bits per heavy atom. The van der Waals surface area contributed by atoms with Crippen LogP contribution in [-0.2, 0) is 26.2 Å². The maximum absolute atomic E-state index is 14.0. The molecule has 5 nitrogen and oxygen atoms in total. The number of aliphatic hydroxyl groups excluding tert-OH is 1. The summed E-state index contributed by atoms with van der Waals surface area (Å²) in [6.07, 6.45) is -1.58. The molecule has 0 aliphatic carbocycles. The summed E-state index contributed by atoms with van der Waals surface area (Å²) in [5.41, 5.74) is 1.68. The molecule has 0 unspecified atom stereocenters. The van der Waals surface area contributed by atoms with Gasteiger partial charge in [-0.1, -0.05) is 62.4 Å². The summed E-state index contributed by atoms with van der Waals surface area (Å²) in [5, 5.41) is 11.6. The standard InChI is InChI=1S/C24H29NO4/c1-16(2)24(21(26)20-15-28-23(3,4)29-20)18-12-8-9-13-19(18)25(22(24)27)14-17-10-6-5-7-11-17/h5-13,16,20-21,26H,14-15H2,1-4H3/t20-,21-,24+/m1/s1. The molecule has 4 rings (SSSR count). The van der Waals surface area contributed by atoms with Gasteiger partial charge in [-0.15, -0.1) is 0 Å². The maximum Gasteiger partial charge on any atom is 0.241 e. The molecule has 2 aliphatic rings. The van der Waals surface area contributed by atoms with Gasteiger partial charge in [0.05, 0.1) is 13.2 Å². The van der Waals surface area contributed by atoms with Crippen LogP contribution in [0.5, 0.6) is 0 Å². The summed E-state index contributed by atoms with van der Waals surface area (Å²) in [6.45, 7) is 8.36. The average molecular weight is 395 g/mol. The minimum absolute atomic E-state index is 0.0849. The lowest BCUT2D eigenvalue weighted by atomic mass is 9.67. The number of aliphatic hydroxyl groups is 1. The molecule has 1 N–H and O–H groups in total. The molecular weight excluding hydrogens is 366 g/mol. The van der Waals surface area contributed by atoms with Gasteiger partial charge in [0.2, 0.25) is 5.91 Å². The Balaban J connectivity index is 1.78. The van der Waals surface area contributed by atoms with Crippen LogP contribution in [0.15, 0.2) is 54.6 Å². The zero-order valence-electron chi connectivity index (χ0n) is 17.5. The van der Waals surface area contributed by atoms with Crippen LogP contribution in [0.2, 0.25) is 0 Å². The molecule has 154 valence electrons. The topological polar surface area (TPSA) is 59.0 Å². The highest BCUT2D eigenvalue weighted by Crippen LogP contribution is 2.50. The monoisotopic (exact) mass is 395 g/mol. The van der Waals surface area contributed by atoms with E-state index in [2.05, 4.69) is 0 Å². The third-order valence-corrected chi connectivity index (χ3v) is 6.18. The number of para-hydroxylation sites is 1. The van der Waals surface area contributed by atoms with E-state index < -0.39 is 23.4 Å². The average Bonchev–Trinajstić information content (AvgIpc) is 3.18. The number of fused-ring (bicyclic) bond motifs is 1. The van der Waals surface area contributed by atoms with Crippen molar-refractivity contribution < 1.29 is 19.4 Å². The normalized spacial score (nSPS) is 26.8. The lowest BCUT2D eigenvalue weighted by molar-refractivity contribution is -0.163. The fraction of sp³-hybridized carbons (Fsp3) is 0.458. The van der Waals surface area contributed by atoms with Crippen molar-refractivity contribution in [2.75, 3.05) is 11.5 Å². The van der Waals surface area contributed by atoms with E-state index in [0.717, 1.165) is 16.8 Å². The van der Waals surface area contributed by atoms with Crippen molar-refractivity contribution in [3.63, 3.8) is 0 Å². The van der Waals surface area contributed by atoms with Gasteiger partial charge in [0.25, 0.3) is 0 Å². The quantitative estimate of drug-likeness (QED) is 0.840. The van der Waals surface area contributed by atoms with Crippen LogP contribution >= 0.6 is 0 Å². The molecule has 2 aliphatic heterocycles. The molecular formula is C24H29NO4. The molecule has 5 heteroatoms. The molecule has 2 aromatic rings. The van der Waals surface area contributed by atoms with Crippen molar-refractivity contribution in [2.45, 2.75) is 57.6 Å². The fourth-order valence-electron chi connectivity index (χ4n) is 4.78. The highest BCUT2D eigenvalue weighted by atomic mass is 16.7. The number of benzene rings is 2. The highest BCUT2D eigenvalue weighted by Gasteiger charge is 2.60. The largest absolute Gasteiger partial charge is 0.389 e. The summed E-state index contributed by atoms with van der Waals surface area (Å²) in [7, 11) is 0. The van der Waals surface area contributed by atoms with E-state index in [4.69, 9.17) is 9.47 Å². The van der Waals surface area contributed by atoms with Crippen LogP contribution in [0.3, 0.4) is 0 Å². The van der Waals surface area contributed by atoms with Gasteiger partial charge in [0.1, 0.15) is 17.6 Å². The van der Waals surface area contributed by atoms with Gasteiger partial charge in [-0.25, -0.2) is 0 Å². The van der Waals surface area contributed by atoms with Gasteiger partial charge in [-0.2, -0.15) is 0 Å². The van der Waals surface area contributed by atoms with E-state index in [9.17, 15) is 9.90 Å². The Bertz CT molecular complexity index is 895. The molecule has 1 fully saturated rings. The van der Waals surface area contributed by atoms with Crippen molar-refractivity contribution in [2.24, 2.45) is 5.92 Å². The van der Waals surface area contributed by atoms with E-state index in [1.54, 1.807) is 4.90 Å². The molecule has 0 radical (unpaired) electrons. The van der Waals surface area contributed by atoms with Gasteiger partial charge in [-0.3, -0.25) is 4.79 Å². The Labute approximate surface area is 172 Å². The number of hydrogen-bond acceptors (Lipinski definition) is 4. The van der Waals surface area contributed by atoms with Crippen LogP contribution in [0.1, 0.15) is 38.8 Å². The SMILES string of the molecule is CC(C)[C@]1([C@H](O)[C@H]2COC(C)(C)O2)C(=O)N(Cc2ccccc2)c2ccccc21. The molecule has 2 heterocycles. The first-order valence-corrected chi connectivity index (χ1v) is 10.2. The van der Waals surface area contributed by atoms with E-state index in [1.807, 2.05) is 82.3 Å². The van der Waals surface area contributed by atoms with E-state index in [0.29, 0.717) is 6.54 Å². The van der Waals surface area contributed by atoms with Crippen molar-refractivity contribution >= 4 is 11.6 Å². The number of amides is 1. The van der Waals surface area contributed by atoms with Crippen LogP contribution in [-0.4, -0.2) is 35.6 Å². The first-order valence-electron chi connectivity index (χ1n) is 10.2. The number of carbonyl (C=O) groups excluding carboxylic acids is 1. The lowest BCUT2D eigenvalue weighted by Crippen LogP contribution is -2.57. The third kappa shape index (κ3) is 3.18. The van der Waals surface area contributed by atoms with Crippen molar-refractivity contribution in [1.29, 1.82) is 0 Å². The number of nitrogens with zero attached hydrogens (tertiary/aromatic N) is 1. The summed E-state index contributed by atoms with van der Waals surface area (Å²) in [4.78, 5) is 15.8. The summed E-state index contributed by atoms with van der Waals surface area (Å²) < 4.78 is 11.7. The van der Waals surface area contributed by atoms with Crippen LogP contribution < -0.4 is 4.90 Å². The second-order valence-corrected chi connectivity index (χ2v) is 8.73. The second kappa shape index (κ2) is 7.24. The smallest absolute Gasteiger partial charge is 0.241 e. The lowest BCUT2D eigenvalue weighted by Gasteiger charge is -2.39. The van der Waals surface area contributed by atoms with Gasteiger partial charge in [0.15, 0.2) is 5.79 Å². The molecule has 1 amide bonds.